The molecule has 0 fully saturated rings. The number of rotatable bonds is 3. The van der Waals surface area contributed by atoms with Crippen LogP contribution in [0.1, 0.15) is 19.4 Å². The average molecular weight is 350 g/mol. The lowest BCUT2D eigenvalue weighted by atomic mass is 10.1. The number of hydrogen-bond donors (Lipinski definition) is 0. The van der Waals surface area contributed by atoms with Crippen LogP contribution < -0.4 is 9.64 Å². The molecular weight excluding hydrogens is 333 g/mol. The number of carbonyl (C=O) groups is 1. The quantitative estimate of drug-likeness (QED) is 0.800. The van der Waals surface area contributed by atoms with Crippen LogP contribution in [0.15, 0.2) is 42.5 Å². The first-order chi connectivity index (χ1) is 11.0. The van der Waals surface area contributed by atoms with Crippen molar-refractivity contribution < 1.29 is 9.53 Å². The van der Waals surface area contributed by atoms with Gasteiger partial charge in [0.25, 0.3) is 5.91 Å². The third-order valence-electron chi connectivity index (χ3n) is 3.99. The minimum atomic E-state index is -0.653. The monoisotopic (exact) mass is 349 g/mol. The summed E-state index contributed by atoms with van der Waals surface area (Å²) in [5.41, 5.74) is 2.14. The van der Waals surface area contributed by atoms with Crippen molar-refractivity contribution in [2.24, 2.45) is 0 Å². The molecule has 0 saturated carbocycles. The number of amides is 1. The van der Waals surface area contributed by atoms with E-state index in [9.17, 15) is 4.79 Å². The highest BCUT2D eigenvalue weighted by Gasteiger charge is 2.34. The lowest BCUT2D eigenvalue weighted by molar-refractivity contribution is -0.124. The van der Waals surface area contributed by atoms with E-state index >= 15 is 0 Å². The molecule has 3 nitrogen and oxygen atoms in total. The molecule has 2 aromatic carbocycles. The molecule has 1 amide bonds. The maximum Gasteiger partial charge on any atom is 0.268 e. The predicted molar refractivity (Wildman–Crippen MR) is 93.6 cm³/mol. The van der Waals surface area contributed by atoms with Gasteiger partial charge in [0.1, 0.15) is 5.75 Å². The van der Waals surface area contributed by atoms with Gasteiger partial charge in [0.15, 0.2) is 6.10 Å². The Morgan fingerprint density at radius 2 is 2.00 bits per heavy atom. The van der Waals surface area contributed by atoms with E-state index in [1.165, 1.54) is 5.56 Å². The van der Waals surface area contributed by atoms with Crippen molar-refractivity contribution in [3.8, 4) is 5.75 Å². The highest BCUT2D eigenvalue weighted by Crippen LogP contribution is 2.33. The van der Waals surface area contributed by atoms with Crippen LogP contribution in [-0.4, -0.2) is 18.1 Å². The topological polar surface area (TPSA) is 29.5 Å². The summed E-state index contributed by atoms with van der Waals surface area (Å²) < 4.78 is 5.76. The summed E-state index contributed by atoms with van der Waals surface area (Å²) in [5, 5.41) is 0.952. The summed E-state index contributed by atoms with van der Waals surface area (Å²) in [6.07, 6.45) is 0.201. The van der Waals surface area contributed by atoms with Crippen LogP contribution in [0.4, 0.5) is 5.69 Å². The summed E-state index contributed by atoms with van der Waals surface area (Å²) in [6.45, 7) is 3.77. The molecule has 23 heavy (non-hydrogen) atoms. The second-order valence-electron chi connectivity index (χ2n) is 5.72. The summed E-state index contributed by atoms with van der Waals surface area (Å²) in [4.78, 5) is 14.6. The number of para-hydroxylation sites is 1. The maximum absolute atomic E-state index is 12.8. The first-order valence-corrected chi connectivity index (χ1v) is 8.25. The Morgan fingerprint density at radius 3 is 2.78 bits per heavy atom. The Balaban J connectivity index is 1.81. The fraction of sp³-hybridized carbons (Fsp3) is 0.278. The van der Waals surface area contributed by atoms with Crippen LogP contribution in [-0.2, 0) is 11.2 Å². The predicted octanol–water partition coefficient (Wildman–Crippen LogP) is 4.74. The molecule has 2 aromatic rings. The minimum Gasteiger partial charge on any atom is -0.479 e. The van der Waals surface area contributed by atoms with E-state index in [2.05, 4.69) is 6.07 Å². The van der Waals surface area contributed by atoms with Gasteiger partial charge in [-0.05, 0) is 44.0 Å². The molecule has 5 heteroatoms. The summed E-state index contributed by atoms with van der Waals surface area (Å²) in [5.74, 6) is 0.332. The zero-order valence-electron chi connectivity index (χ0n) is 12.9. The van der Waals surface area contributed by atoms with Gasteiger partial charge in [0, 0.05) is 22.8 Å². The smallest absolute Gasteiger partial charge is 0.268 e. The number of nitrogens with zero attached hydrogens (tertiary/aromatic N) is 1. The summed E-state index contributed by atoms with van der Waals surface area (Å²) in [6, 6.07) is 13.0. The first-order valence-electron chi connectivity index (χ1n) is 7.50. The Morgan fingerprint density at radius 1 is 1.26 bits per heavy atom. The summed E-state index contributed by atoms with van der Waals surface area (Å²) >= 11 is 12.1. The molecule has 1 aliphatic rings. The number of hydrogen-bond acceptors (Lipinski definition) is 2. The van der Waals surface area contributed by atoms with Gasteiger partial charge in [-0.1, -0.05) is 41.4 Å². The Hall–Kier alpha value is -1.71. The van der Waals surface area contributed by atoms with E-state index < -0.39 is 6.10 Å². The van der Waals surface area contributed by atoms with Gasteiger partial charge < -0.3 is 9.64 Å². The maximum atomic E-state index is 12.8. The second kappa shape index (κ2) is 6.42. The van der Waals surface area contributed by atoms with Gasteiger partial charge in [-0.2, -0.15) is 0 Å². The van der Waals surface area contributed by atoms with Crippen LogP contribution >= 0.6 is 23.2 Å². The molecule has 0 N–H and O–H groups in total. The van der Waals surface area contributed by atoms with E-state index in [1.54, 1.807) is 30.0 Å². The molecule has 0 bridgehead atoms. The standard InChI is InChI=1S/C18H17Cl2NO2/c1-11-9-13-5-3-4-6-16(13)21(11)18(22)12(2)23-17-10-14(19)7-8-15(17)20/h3-8,10-12H,9H2,1-2H3/t11-,12+/m1/s1. The van der Waals surface area contributed by atoms with E-state index in [0.29, 0.717) is 15.8 Å². The third-order valence-corrected chi connectivity index (χ3v) is 4.54. The molecule has 3 rings (SSSR count). The highest BCUT2D eigenvalue weighted by atomic mass is 35.5. The zero-order valence-corrected chi connectivity index (χ0v) is 14.4. The fourth-order valence-electron chi connectivity index (χ4n) is 2.91. The van der Waals surface area contributed by atoms with Gasteiger partial charge in [-0.3, -0.25) is 4.79 Å². The van der Waals surface area contributed by atoms with E-state index in [1.807, 2.05) is 25.1 Å². The van der Waals surface area contributed by atoms with Crippen molar-refractivity contribution in [1.29, 1.82) is 0 Å². The molecule has 0 spiro atoms. The number of carbonyl (C=O) groups excluding carboxylic acids is 1. The normalized spacial score (nSPS) is 17.7. The van der Waals surface area contributed by atoms with E-state index in [0.717, 1.165) is 12.1 Å². The van der Waals surface area contributed by atoms with Gasteiger partial charge in [0.2, 0.25) is 0 Å². The fourth-order valence-corrected chi connectivity index (χ4v) is 3.23. The second-order valence-corrected chi connectivity index (χ2v) is 6.57. The molecular formula is C18H17Cl2NO2. The largest absolute Gasteiger partial charge is 0.479 e. The van der Waals surface area contributed by atoms with Crippen LogP contribution in [0.5, 0.6) is 5.75 Å². The minimum absolute atomic E-state index is 0.0847. The van der Waals surface area contributed by atoms with Crippen molar-refractivity contribution in [2.45, 2.75) is 32.4 Å². The number of benzene rings is 2. The van der Waals surface area contributed by atoms with Crippen LogP contribution in [0, 0.1) is 0 Å². The molecule has 0 saturated heterocycles. The number of anilines is 1. The highest BCUT2D eigenvalue weighted by molar-refractivity contribution is 6.34. The lowest BCUT2D eigenvalue weighted by Gasteiger charge is -2.26. The Kier molecular flexibility index (Phi) is 4.51. The van der Waals surface area contributed by atoms with Gasteiger partial charge in [-0.25, -0.2) is 0 Å². The molecule has 2 atom stereocenters. The van der Waals surface area contributed by atoms with E-state index in [-0.39, 0.29) is 11.9 Å². The molecule has 1 aliphatic heterocycles. The van der Waals surface area contributed by atoms with Crippen molar-refractivity contribution in [1.82, 2.24) is 0 Å². The molecule has 0 aliphatic carbocycles. The lowest BCUT2D eigenvalue weighted by Crippen LogP contribution is -2.43. The number of ether oxygens (including phenoxy) is 1. The van der Waals surface area contributed by atoms with Crippen molar-refractivity contribution in [3.63, 3.8) is 0 Å². The summed E-state index contributed by atoms with van der Waals surface area (Å²) in [7, 11) is 0. The Bertz CT molecular complexity index is 748. The van der Waals surface area contributed by atoms with Gasteiger partial charge >= 0.3 is 0 Å². The van der Waals surface area contributed by atoms with Crippen LogP contribution in [0.25, 0.3) is 0 Å². The Labute approximate surface area is 145 Å². The SMILES string of the molecule is C[C@H](Oc1cc(Cl)ccc1Cl)C(=O)N1c2ccccc2C[C@H]1C. The van der Waals surface area contributed by atoms with Crippen LogP contribution in [0.3, 0.4) is 0 Å². The molecule has 120 valence electrons. The zero-order chi connectivity index (χ0) is 16.6. The van der Waals surface area contributed by atoms with Crippen molar-refractivity contribution >= 4 is 34.8 Å². The first kappa shape index (κ1) is 16.2. The van der Waals surface area contributed by atoms with Gasteiger partial charge in [-0.15, -0.1) is 0 Å². The van der Waals surface area contributed by atoms with E-state index in [4.69, 9.17) is 27.9 Å². The molecule has 1 heterocycles. The molecule has 0 radical (unpaired) electrons. The molecule has 0 aromatic heterocycles. The number of halogens is 2. The van der Waals surface area contributed by atoms with Gasteiger partial charge in [0.05, 0.1) is 5.02 Å². The molecule has 0 unspecified atom stereocenters. The van der Waals surface area contributed by atoms with Crippen molar-refractivity contribution in [2.75, 3.05) is 4.90 Å². The number of fused-ring (bicyclic) bond motifs is 1. The van der Waals surface area contributed by atoms with Crippen molar-refractivity contribution in [3.05, 3.63) is 58.1 Å². The third kappa shape index (κ3) is 3.17. The van der Waals surface area contributed by atoms with Crippen LogP contribution in [0.2, 0.25) is 10.0 Å². The average Bonchev–Trinajstić information content (AvgIpc) is 2.86.